The number of hydrogen-bond donors (Lipinski definition) is 1. The fourth-order valence-corrected chi connectivity index (χ4v) is 3.39. The highest BCUT2D eigenvalue weighted by Gasteiger charge is 2.22. The maximum atomic E-state index is 5.90. The van der Waals surface area contributed by atoms with Gasteiger partial charge in [-0.15, -0.1) is 0 Å². The standard InChI is InChI=1S/C22H33N3/c1-15-8-19(25-20(23)9-15)13-22(6,7)11-17-14-24-18(10-16(17)2)12-21(3,4)5/h8-10,14H,11-13H2,1-7H3,(H2,23,25). The third-order valence-corrected chi connectivity index (χ3v) is 4.36. The van der Waals surface area contributed by atoms with Crippen LogP contribution in [0.3, 0.4) is 0 Å². The summed E-state index contributed by atoms with van der Waals surface area (Å²) >= 11 is 0. The van der Waals surface area contributed by atoms with Crippen LogP contribution in [-0.4, -0.2) is 9.97 Å². The number of hydrogen-bond acceptors (Lipinski definition) is 3. The Bertz CT molecular complexity index is 719. The first kappa shape index (κ1) is 19.4. The maximum absolute atomic E-state index is 5.90. The molecule has 0 aromatic carbocycles. The number of nitrogens with two attached hydrogens (primary N) is 1. The number of nitrogen functional groups attached to an aromatic ring is 1. The van der Waals surface area contributed by atoms with Crippen molar-refractivity contribution >= 4 is 5.82 Å². The van der Waals surface area contributed by atoms with Crippen molar-refractivity contribution in [3.63, 3.8) is 0 Å². The van der Waals surface area contributed by atoms with Crippen molar-refractivity contribution in [2.45, 2.75) is 67.7 Å². The van der Waals surface area contributed by atoms with E-state index in [2.05, 4.69) is 71.8 Å². The SMILES string of the molecule is Cc1cc(N)nc(CC(C)(C)Cc2cnc(CC(C)(C)C)cc2C)c1. The molecule has 0 aliphatic rings. The average molecular weight is 340 g/mol. The van der Waals surface area contributed by atoms with Gasteiger partial charge in [0.2, 0.25) is 0 Å². The fraction of sp³-hybridized carbons (Fsp3) is 0.545. The zero-order valence-corrected chi connectivity index (χ0v) is 16.9. The number of anilines is 1. The summed E-state index contributed by atoms with van der Waals surface area (Å²) in [5.41, 5.74) is 12.3. The van der Waals surface area contributed by atoms with E-state index >= 15 is 0 Å². The summed E-state index contributed by atoms with van der Waals surface area (Å²) in [7, 11) is 0. The van der Waals surface area contributed by atoms with Gasteiger partial charge in [0.15, 0.2) is 0 Å². The smallest absolute Gasteiger partial charge is 0.123 e. The molecule has 0 radical (unpaired) electrons. The molecule has 0 atom stereocenters. The van der Waals surface area contributed by atoms with E-state index < -0.39 is 0 Å². The van der Waals surface area contributed by atoms with Gasteiger partial charge in [0, 0.05) is 17.6 Å². The average Bonchev–Trinajstić information content (AvgIpc) is 2.38. The summed E-state index contributed by atoms with van der Waals surface area (Å²) in [6.07, 6.45) is 4.96. The van der Waals surface area contributed by atoms with Gasteiger partial charge in [-0.25, -0.2) is 4.98 Å². The molecule has 2 N–H and O–H groups in total. The molecule has 25 heavy (non-hydrogen) atoms. The summed E-state index contributed by atoms with van der Waals surface area (Å²) in [5.74, 6) is 0.607. The lowest BCUT2D eigenvalue weighted by molar-refractivity contribution is 0.355. The van der Waals surface area contributed by atoms with E-state index in [1.165, 1.54) is 22.4 Å². The molecule has 0 aliphatic heterocycles. The minimum Gasteiger partial charge on any atom is -0.384 e. The van der Waals surface area contributed by atoms with Gasteiger partial charge in [0.25, 0.3) is 0 Å². The highest BCUT2D eigenvalue weighted by molar-refractivity contribution is 5.34. The van der Waals surface area contributed by atoms with E-state index in [1.54, 1.807) is 0 Å². The largest absolute Gasteiger partial charge is 0.384 e. The third-order valence-electron chi connectivity index (χ3n) is 4.36. The first-order valence-electron chi connectivity index (χ1n) is 9.11. The van der Waals surface area contributed by atoms with Crippen molar-refractivity contribution in [2.75, 3.05) is 5.73 Å². The van der Waals surface area contributed by atoms with E-state index in [0.29, 0.717) is 5.82 Å². The van der Waals surface area contributed by atoms with Crippen molar-refractivity contribution in [2.24, 2.45) is 10.8 Å². The summed E-state index contributed by atoms with van der Waals surface area (Å²) < 4.78 is 0. The molecule has 2 aromatic rings. The van der Waals surface area contributed by atoms with Gasteiger partial charge in [0.05, 0.1) is 0 Å². The van der Waals surface area contributed by atoms with Crippen LogP contribution in [0.1, 0.15) is 62.7 Å². The van der Waals surface area contributed by atoms with E-state index in [1.807, 2.05) is 6.07 Å². The number of pyridine rings is 2. The van der Waals surface area contributed by atoms with E-state index in [9.17, 15) is 0 Å². The van der Waals surface area contributed by atoms with Crippen LogP contribution in [0.4, 0.5) is 5.82 Å². The molecule has 2 heterocycles. The first-order valence-corrected chi connectivity index (χ1v) is 9.11. The van der Waals surface area contributed by atoms with Crippen LogP contribution in [0.5, 0.6) is 0 Å². The molecule has 0 aliphatic carbocycles. The van der Waals surface area contributed by atoms with Crippen molar-refractivity contribution in [3.8, 4) is 0 Å². The molecule has 0 amide bonds. The zero-order chi connectivity index (χ0) is 18.8. The Hall–Kier alpha value is -1.90. The molecule has 136 valence electrons. The van der Waals surface area contributed by atoms with E-state index in [4.69, 9.17) is 10.7 Å². The minimum atomic E-state index is 0.102. The molecule has 0 fully saturated rings. The Morgan fingerprint density at radius 3 is 2.12 bits per heavy atom. The van der Waals surface area contributed by atoms with Crippen LogP contribution < -0.4 is 5.73 Å². The van der Waals surface area contributed by atoms with Crippen LogP contribution in [-0.2, 0) is 19.3 Å². The molecule has 3 heteroatoms. The Balaban J connectivity index is 2.14. The van der Waals surface area contributed by atoms with Crippen LogP contribution in [0.15, 0.2) is 24.4 Å². The van der Waals surface area contributed by atoms with E-state index in [-0.39, 0.29) is 10.8 Å². The number of rotatable bonds is 5. The predicted molar refractivity (Wildman–Crippen MR) is 107 cm³/mol. The molecule has 0 unspecified atom stereocenters. The molecular weight excluding hydrogens is 306 g/mol. The lowest BCUT2D eigenvalue weighted by atomic mass is 9.80. The molecule has 2 rings (SSSR count). The minimum absolute atomic E-state index is 0.102. The molecule has 3 nitrogen and oxygen atoms in total. The molecule has 0 spiro atoms. The summed E-state index contributed by atoms with van der Waals surface area (Å²) in [5, 5.41) is 0. The number of aromatic nitrogens is 2. The summed E-state index contributed by atoms with van der Waals surface area (Å²) in [6, 6.07) is 6.30. The van der Waals surface area contributed by atoms with Crippen molar-refractivity contribution in [1.29, 1.82) is 0 Å². The molecule has 0 saturated heterocycles. The normalized spacial score (nSPS) is 12.4. The first-order chi connectivity index (χ1) is 11.4. The highest BCUT2D eigenvalue weighted by atomic mass is 14.8. The van der Waals surface area contributed by atoms with Crippen LogP contribution in [0.2, 0.25) is 0 Å². The molecule has 0 bridgehead atoms. The second kappa shape index (κ2) is 7.15. The van der Waals surface area contributed by atoms with Gasteiger partial charge in [-0.3, -0.25) is 4.98 Å². The Labute approximate surface area is 153 Å². The number of aryl methyl sites for hydroxylation is 2. The van der Waals surface area contributed by atoms with Gasteiger partial charge in [-0.2, -0.15) is 0 Å². The Morgan fingerprint density at radius 2 is 1.56 bits per heavy atom. The lowest BCUT2D eigenvalue weighted by Gasteiger charge is -2.26. The maximum Gasteiger partial charge on any atom is 0.123 e. The van der Waals surface area contributed by atoms with Crippen molar-refractivity contribution < 1.29 is 0 Å². The summed E-state index contributed by atoms with van der Waals surface area (Å²) in [6.45, 7) is 15.6. The zero-order valence-electron chi connectivity index (χ0n) is 16.9. The molecule has 2 aromatic heterocycles. The second-order valence-corrected chi connectivity index (χ2v) is 9.42. The Kier molecular flexibility index (Phi) is 5.55. The number of nitrogens with zero attached hydrogens (tertiary/aromatic N) is 2. The van der Waals surface area contributed by atoms with Gasteiger partial charge in [-0.05, 0) is 78.8 Å². The van der Waals surface area contributed by atoms with Gasteiger partial charge in [-0.1, -0.05) is 34.6 Å². The van der Waals surface area contributed by atoms with Crippen molar-refractivity contribution in [1.82, 2.24) is 9.97 Å². The van der Waals surface area contributed by atoms with Gasteiger partial charge < -0.3 is 5.73 Å². The van der Waals surface area contributed by atoms with Crippen LogP contribution in [0.25, 0.3) is 0 Å². The summed E-state index contributed by atoms with van der Waals surface area (Å²) in [4.78, 5) is 9.21. The van der Waals surface area contributed by atoms with Crippen molar-refractivity contribution in [3.05, 3.63) is 52.5 Å². The van der Waals surface area contributed by atoms with E-state index in [0.717, 1.165) is 25.0 Å². The molecule has 0 saturated carbocycles. The lowest BCUT2D eigenvalue weighted by Crippen LogP contribution is -2.20. The van der Waals surface area contributed by atoms with Crippen LogP contribution in [0, 0.1) is 24.7 Å². The monoisotopic (exact) mass is 339 g/mol. The third kappa shape index (κ3) is 6.15. The van der Waals surface area contributed by atoms with Gasteiger partial charge >= 0.3 is 0 Å². The molecular formula is C22H33N3. The fourth-order valence-electron chi connectivity index (χ4n) is 3.39. The topological polar surface area (TPSA) is 51.8 Å². The highest BCUT2D eigenvalue weighted by Crippen LogP contribution is 2.29. The van der Waals surface area contributed by atoms with Crippen LogP contribution >= 0.6 is 0 Å². The quantitative estimate of drug-likeness (QED) is 0.827. The predicted octanol–water partition coefficient (Wildman–Crippen LogP) is 5.08. The Morgan fingerprint density at radius 1 is 0.880 bits per heavy atom. The van der Waals surface area contributed by atoms with Gasteiger partial charge in [0.1, 0.15) is 5.82 Å². The second-order valence-electron chi connectivity index (χ2n) is 9.42.